The van der Waals surface area contributed by atoms with Crippen LogP contribution in [0.2, 0.25) is 0 Å². The molecule has 1 N–H and O–H groups in total. The van der Waals surface area contributed by atoms with Gasteiger partial charge in [0.2, 0.25) is 5.88 Å². The molecule has 0 atom stereocenters. The van der Waals surface area contributed by atoms with Gasteiger partial charge in [-0.3, -0.25) is 0 Å². The Balaban J connectivity index is 2.03. The van der Waals surface area contributed by atoms with Gasteiger partial charge in [-0.2, -0.15) is 5.26 Å². The van der Waals surface area contributed by atoms with Gasteiger partial charge in [-0.25, -0.2) is 9.37 Å². The Morgan fingerprint density at radius 2 is 2.10 bits per heavy atom. The number of aromatic nitrogens is 1. The van der Waals surface area contributed by atoms with Crippen molar-refractivity contribution in [3.63, 3.8) is 0 Å². The van der Waals surface area contributed by atoms with Gasteiger partial charge >= 0.3 is 0 Å². The van der Waals surface area contributed by atoms with E-state index >= 15 is 0 Å². The lowest BCUT2D eigenvalue weighted by Gasteiger charge is -2.09. The van der Waals surface area contributed by atoms with Crippen LogP contribution in [-0.2, 0) is 13.1 Å². The average molecular weight is 271 g/mol. The predicted octanol–water partition coefficient (Wildman–Crippen LogP) is 2.39. The first kappa shape index (κ1) is 14.0. The normalized spacial score (nSPS) is 10.1. The molecule has 0 unspecified atom stereocenters. The van der Waals surface area contributed by atoms with Crippen molar-refractivity contribution in [2.24, 2.45) is 0 Å². The van der Waals surface area contributed by atoms with E-state index in [-0.39, 0.29) is 5.82 Å². The zero-order valence-electron chi connectivity index (χ0n) is 11.1. The summed E-state index contributed by atoms with van der Waals surface area (Å²) in [5.74, 6) is 0.208. The van der Waals surface area contributed by atoms with Gasteiger partial charge in [0.15, 0.2) is 0 Å². The molecule has 2 aromatic rings. The summed E-state index contributed by atoms with van der Waals surface area (Å²) in [5.41, 5.74) is 2.01. The summed E-state index contributed by atoms with van der Waals surface area (Å²) in [6, 6.07) is 9.90. The molecule has 0 aliphatic carbocycles. The van der Waals surface area contributed by atoms with Crippen molar-refractivity contribution >= 4 is 0 Å². The molecule has 0 saturated heterocycles. The fourth-order valence-electron chi connectivity index (χ4n) is 1.89. The van der Waals surface area contributed by atoms with Gasteiger partial charge in [0, 0.05) is 24.8 Å². The Bertz CT molecular complexity index is 637. The second-order valence-electron chi connectivity index (χ2n) is 4.19. The van der Waals surface area contributed by atoms with Crippen molar-refractivity contribution in [1.82, 2.24) is 10.3 Å². The zero-order valence-corrected chi connectivity index (χ0v) is 11.1. The number of methoxy groups -OCH3 is 1. The highest BCUT2D eigenvalue weighted by Crippen LogP contribution is 2.14. The third-order valence-corrected chi connectivity index (χ3v) is 2.86. The van der Waals surface area contributed by atoms with Crippen molar-refractivity contribution in [1.29, 1.82) is 5.26 Å². The molecule has 0 spiro atoms. The number of pyridine rings is 1. The topological polar surface area (TPSA) is 57.9 Å². The number of nitriles is 1. The summed E-state index contributed by atoms with van der Waals surface area (Å²) >= 11 is 0. The van der Waals surface area contributed by atoms with Crippen LogP contribution in [0.4, 0.5) is 4.39 Å². The molecule has 1 aromatic carbocycles. The van der Waals surface area contributed by atoms with Crippen molar-refractivity contribution in [3.05, 3.63) is 59.0 Å². The molecule has 2 rings (SSSR count). The molecule has 0 radical (unpaired) electrons. The van der Waals surface area contributed by atoms with Crippen LogP contribution in [0, 0.1) is 17.1 Å². The third-order valence-electron chi connectivity index (χ3n) is 2.86. The smallest absolute Gasteiger partial charge is 0.217 e. The lowest BCUT2D eigenvalue weighted by molar-refractivity contribution is 0.390. The van der Waals surface area contributed by atoms with Crippen LogP contribution < -0.4 is 10.1 Å². The number of hydrogen-bond donors (Lipinski definition) is 1. The lowest BCUT2D eigenvalue weighted by Crippen LogP contribution is -2.14. The van der Waals surface area contributed by atoms with E-state index in [4.69, 9.17) is 10.00 Å². The van der Waals surface area contributed by atoms with Crippen molar-refractivity contribution < 1.29 is 9.13 Å². The first-order valence-electron chi connectivity index (χ1n) is 6.11. The van der Waals surface area contributed by atoms with E-state index in [1.807, 2.05) is 12.1 Å². The van der Waals surface area contributed by atoms with Crippen LogP contribution in [0.5, 0.6) is 5.88 Å². The number of nitrogens with one attached hydrogen (secondary N) is 1. The Morgan fingerprint density at radius 3 is 2.85 bits per heavy atom. The van der Waals surface area contributed by atoms with Gasteiger partial charge < -0.3 is 10.1 Å². The second kappa shape index (κ2) is 6.64. The zero-order chi connectivity index (χ0) is 14.4. The molecule has 20 heavy (non-hydrogen) atoms. The summed E-state index contributed by atoms with van der Waals surface area (Å²) in [6.45, 7) is 0.928. The van der Waals surface area contributed by atoms with Crippen LogP contribution >= 0.6 is 0 Å². The molecule has 0 saturated carbocycles. The molecule has 102 valence electrons. The largest absolute Gasteiger partial charge is 0.481 e. The summed E-state index contributed by atoms with van der Waals surface area (Å²) in [4.78, 5) is 4.10. The van der Waals surface area contributed by atoms with Crippen LogP contribution in [0.15, 0.2) is 36.5 Å². The molecular weight excluding hydrogens is 257 g/mol. The number of benzene rings is 1. The highest BCUT2D eigenvalue weighted by atomic mass is 19.1. The molecule has 0 amide bonds. The van der Waals surface area contributed by atoms with E-state index in [0.29, 0.717) is 30.1 Å². The number of rotatable bonds is 5. The number of hydrogen-bond acceptors (Lipinski definition) is 4. The van der Waals surface area contributed by atoms with Crippen LogP contribution in [0.3, 0.4) is 0 Å². The maximum atomic E-state index is 13.2. The molecule has 4 nitrogen and oxygen atoms in total. The van der Waals surface area contributed by atoms with Crippen molar-refractivity contribution in [3.8, 4) is 11.9 Å². The Kier molecular flexibility index (Phi) is 4.64. The summed E-state index contributed by atoms with van der Waals surface area (Å²) in [7, 11) is 1.56. The highest BCUT2D eigenvalue weighted by Gasteiger charge is 2.06. The standard InChI is InChI=1S/C15H14FN3O/c1-20-15-12(3-2-6-19-15)9-18-10-13-7-14(16)5-4-11(13)8-17/h2-7,18H,9-10H2,1H3. The van der Waals surface area contributed by atoms with Gasteiger partial charge in [0.25, 0.3) is 0 Å². The van der Waals surface area contributed by atoms with Crippen molar-refractivity contribution in [2.75, 3.05) is 7.11 Å². The maximum absolute atomic E-state index is 13.2. The predicted molar refractivity (Wildman–Crippen MR) is 72.4 cm³/mol. The van der Waals surface area contributed by atoms with E-state index in [1.165, 1.54) is 18.2 Å². The summed E-state index contributed by atoms with van der Waals surface area (Å²) in [5, 5.41) is 12.1. The van der Waals surface area contributed by atoms with E-state index in [0.717, 1.165) is 5.56 Å². The lowest BCUT2D eigenvalue weighted by atomic mass is 10.1. The SMILES string of the molecule is COc1ncccc1CNCc1cc(F)ccc1C#N. The Hall–Kier alpha value is -2.45. The monoisotopic (exact) mass is 271 g/mol. The van der Waals surface area contributed by atoms with E-state index < -0.39 is 0 Å². The summed E-state index contributed by atoms with van der Waals surface area (Å²) < 4.78 is 18.3. The van der Waals surface area contributed by atoms with Crippen LogP contribution in [0.1, 0.15) is 16.7 Å². The van der Waals surface area contributed by atoms with Gasteiger partial charge in [-0.15, -0.1) is 0 Å². The molecular formula is C15H14FN3O. The van der Waals surface area contributed by atoms with E-state index in [2.05, 4.69) is 16.4 Å². The third kappa shape index (κ3) is 3.31. The Morgan fingerprint density at radius 1 is 1.30 bits per heavy atom. The van der Waals surface area contributed by atoms with Crippen molar-refractivity contribution in [2.45, 2.75) is 13.1 Å². The number of nitrogens with zero attached hydrogens (tertiary/aromatic N) is 2. The molecule has 1 aromatic heterocycles. The molecule has 0 aliphatic heterocycles. The van der Waals surface area contributed by atoms with Crippen LogP contribution in [0.25, 0.3) is 0 Å². The first-order chi connectivity index (χ1) is 9.74. The maximum Gasteiger partial charge on any atom is 0.217 e. The second-order valence-corrected chi connectivity index (χ2v) is 4.19. The minimum atomic E-state index is -0.347. The Labute approximate surface area is 116 Å². The first-order valence-corrected chi connectivity index (χ1v) is 6.11. The molecule has 0 fully saturated rings. The molecule has 0 bridgehead atoms. The fourth-order valence-corrected chi connectivity index (χ4v) is 1.89. The molecule has 1 heterocycles. The molecule has 5 heteroatoms. The van der Waals surface area contributed by atoms with Gasteiger partial charge in [0.05, 0.1) is 18.7 Å². The highest BCUT2D eigenvalue weighted by molar-refractivity contribution is 5.37. The fraction of sp³-hybridized carbons (Fsp3) is 0.200. The minimum absolute atomic E-state index is 0.347. The average Bonchev–Trinajstić information content (AvgIpc) is 2.48. The minimum Gasteiger partial charge on any atom is -0.481 e. The van der Waals surface area contributed by atoms with Gasteiger partial charge in [-0.1, -0.05) is 6.07 Å². The van der Waals surface area contributed by atoms with E-state index in [1.54, 1.807) is 13.3 Å². The van der Waals surface area contributed by atoms with Crippen LogP contribution in [-0.4, -0.2) is 12.1 Å². The summed E-state index contributed by atoms with van der Waals surface area (Å²) in [6.07, 6.45) is 1.66. The molecule has 0 aliphatic rings. The van der Waals surface area contributed by atoms with Gasteiger partial charge in [0.1, 0.15) is 5.82 Å². The van der Waals surface area contributed by atoms with Gasteiger partial charge in [-0.05, 0) is 29.8 Å². The number of ether oxygens (including phenoxy) is 1. The number of halogens is 1. The quantitative estimate of drug-likeness (QED) is 0.907. The van der Waals surface area contributed by atoms with E-state index in [9.17, 15) is 4.39 Å².